The van der Waals surface area contributed by atoms with Gasteiger partial charge in [-0.15, -0.1) is 11.3 Å². The highest BCUT2D eigenvalue weighted by Crippen LogP contribution is 2.40. The second-order valence-corrected chi connectivity index (χ2v) is 5.93. The van der Waals surface area contributed by atoms with Crippen molar-refractivity contribution in [1.29, 1.82) is 0 Å². The third-order valence-corrected chi connectivity index (χ3v) is 4.26. The quantitative estimate of drug-likeness (QED) is 0.891. The van der Waals surface area contributed by atoms with Gasteiger partial charge in [-0.3, -0.25) is 4.79 Å². The van der Waals surface area contributed by atoms with Crippen molar-refractivity contribution < 1.29 is 9.53 Å². The van der Waals surface area contributed by atoms with Crippen molar-refractivity contribution in [2.45, 2.75) is 50.5 Å². The lowest BCUT2D eigenvalue weighted by Gasteiger charge is -2.07. The largest absolute Gasteiger partial charge is 0.378 e. The fraction of sp³-hybridized carbons (Fsp3) is 0.692. The first-order valence-corrected chi connectivity index (χ1v) is 7.56. The monoisotopic (exact) mass is 266 g/mol. The predicted molar refractivity (Wildman–Crippen MR) is 70.9 cm³/mol. The number of aromatic nitrogens is 1. The number of hydrogen-bond acceptors (Lipinski definition) is 4. The number of nitrogens with one attached hydrogen (secondary N) is 1. The van der Waals surface area contributed by atoms with Gasteiger partial charge in [0.2, 0.25) is 5.91 Å². The number of carbonyl (C=O) groups is 1. The van der Waals surface area contributed by atoms with Crippen molar-refractivity contribution in [2.24, 2.45) is 0 Å². The molecule has 1 atom stereocenters. The molecule has 1 amide bonds. The summed E-state index contributed by atoms with van der Waals surface area (Å²) in [7, 11) is 0. The number of hydrogen-bond donors (Lipinski definition) is 1. The van der Waals surface area contributed by atoms with Gasteiger partial charge in [0.25, 0.3) is 0 Å². The summed E-state index contributed by atoms with van der Waals surface area (Å²) in [5, 5.41) is 5.69. The Morgan fingerprint density at radius 1 is 1.50 bits per heavy atom. The summed E-state index contributed by atoms with van der Waals surface area (Å²) in [5.41, 5.74) is 1.15. The Bertz CT molecular complexity index is 422. The first-order valence-electron chi connectivity index (χ1n) is 6.68. The fourth-order valence-electron chi connectivity index (χ4n) is 2.26. The van der Waals surface area contributed by atoms with Crippen LogP contribution in [0.1, 0.15) is 50.1 Å². The molecule has 0 bridgehead atoms. The molecule has 1 saturated heterocycles. The molecule has 1 aromatic heterocycles. The van der Waals surface area contributed by atoms with Gasteiger partial charge < -0.3 is 10.1 Å². The Morgan fingerprint density at radius 3 is 3.11 bits per heavy atom. The van der Waals surface area contributed by atoms with Crippen LogP contribution in [0, 0.1) is 0 Å². The summed E-state index contributed by atoms with van der Waals surface area (Å²) in [6.45, 7) is 0.851. The summed E-state index contributed by atoms with van der Waals surface area (Å²) in [4.78, 5) is 16.2. The number of carbonyl (C=O) groups excluding carboxylic acids is 1. The minimum Gasteiger partial charge on any atom is -0.378 e. The number of rotatable bonds is 5. The average molecular weight is 266 g/mol. The first-order chi connectivity index (χ1) is 8.81. The maximum atomic E-state index is 11.8. The Morgan fingerprint density at radius 2 is 2.39 bits per heavy atom. The Balaban J connectivity index is 1.44. The molecule has 0 spiro atoms. The van der Waals surface area contributed by atoms with Crippen LogP contribution in [0.15, 0.2) is 5.38 Å². The molecule has 2 fully saturated rings. The standard InChI is InChI=1S/C13H18N2O2S/c16-12(6-5-10-2-1-7-17-10)15-13-14-11(8-18-13)9-3-4-9/h8-10H,1-7H2,(H,14,15,16). The van der Waals surface area contributed by atoms with Crippen LogP contribution in [0.3, 0.4) is 0 Å². The lowest BCUT2D eigenvalue weighted by Crippen LogP contribution is -2.15. The maximum Gasteiger partial charge on any atom is 0.226 e. The smallest absolute Gasteiger partial charge is 0.226 e. The number of thiazole rings is 1. The van der Waals surface area contributed by atoms with Gasteiger partial charge >= 0.3 is 0 Å². The zero-order valence-corrected chi connectivity index (χ0v) is 11.2. The highest BCUT2D eigenvalue weighted by Gasteiger charge is 2.26. The van der Waals surface area contributed by atoms with Crippen LogP contribution in [0.5, 0.6) is 0 Å². The minimum absolute atomic E-state index is 0.0576. The molecule has 1 unspecified atom stereocenters. The molecule has 5 heteroatoms. The lowest BCUT2D eigenvalue weighted by molar-refractivity contribution is -0.116. The van der Waals surface area contributed by atoms with Gasteiger partial charge in [-0.05, 0) is 32.1 Å². The van der Waals surface area contributed by atoms with Crippen LogP contribution >= 0.6 is 11.3 Å². The molecule has 0 radical (unpaired) electrons. The zero-order valence-electron chi connectivity index (χ0n) is 10.4. The number of nitrogens with zero attached hydrogens (tertiary/aromatic N) is 1. The van der Waals surface area contributed by atoms with E-state index < -0.39 is 0 Å². The van der Waals surface area contributed by atoms with E-state index in [4.69, 9.17) is 4.74 Å². The summed E-state index contributed by atoms with van der Waals surface area (Å²) in [6, 6.07) is 0. The summed E-state index contributed by atoms with van der Waals surface area (Å²) < 4.78 is 5.50. The van der Waals surface area contributed by atoms with Crippen LogP contribution in [-0.2, 0) is 9.53 Å². The molecular formula is C13H18N2O2S. The van der Waals surface area contributed by atoms with Crippen LogP contribution in [0.25, 0.3) is 0 Å². The highest BCUT2D eigenvalue weighted by atomic mass is 32.1. The molecule has 0 aromatic carbocycles. The molecule has 1 saturated carbocycles. The predicted octanol–water partition coefficient (Wildman–Crippen LogP) is 2.92. The molecule has 4 nitrogen and oxygen atoms in total. The van der Waals surface area contributed by atoms with E-state index in [9.17, 15) is 4.79 Å². The van der Waals surface area contributed by atoms with Crippen molar-refractivity contribution in [3.63, 3.8) is 0 Å². The summed E-state index contributed by atoms with van der Waals surface area (Å²) in [5.74, 6) is 0.709. The van der Waals surface area contributed by atoms with E-state index in [1.54, 1.807) is 0 Å². The maximum absolute atomic E-state index is 11.8. The van der Waals surface area contributed by atoms with Crippen LogP contribution in [-0.4, -0.2) is 23.6 Å². The highest BCUT2D eigenvalue weighted by molar-refractivity contribution is 7.13. The van der Waals surface area contributed by atoms with Gasteiger partial charge in [-0.1, -0.05) is 0 Å². The normalized spacial score (nSPS) is 23.2. The van der Waals surface area contributed by atoms with Gasteiger partial charge in [0.1, 0.15) is 0 Å². The number of ether oxygens (including phenoxy) is 1. The second kappa shape index (κ2) is 5.36. The van der Waals surface area contributed by atoms with E-state index in [0.717, 1.165) is 36.7 Å². The van der Waals surface area contributed by atoms with Gasteiger partial charge in [-0.25, -0.2) is 4.98 Å². The molecule has 1 aliphatic carbocycles. The van der Waals surface area contributed by atoms with Crippen molar-refractivity contribution in [2.75, 3.05) is 11.9 Å². The minimum atomic E-state index is 0.0576. The SMILES string of the molecule is O=C(CCC1CCCO1)Nc1nc(C2CC2)cs1. The first kappa shape index (κ1) is 12.1. The van der Waals surface area contributed by atoms with Crippen LogP contribution in [0.4, 0.5) is 5.13 Å². The van der Waals surface area contributed by atoms with Crippen molar-refractivity contribution >= 4 is 22.4 Å². The van der Waals surface area contributed by atoms with E-state index in [1.807, 2.05) is 0 Å². The van der Waals surface area contributed by atoms with Gasteiger partial charge in [0.05, 0.1) is 11.8 Å². The van der Waals surface area contributed by atoms with Crippen LogP contribution < -0.4 is 5.32 Å². The topological polar surface area (TPSA) is 51.2 Å². The molecule has 2 heterocycles. The van der Waals surface area contributed by atoms with E-state index in [2.05, 4.69) is 15.7 Å². The van der Waals surface area contributed by atoms with Crippen LogP contribution in [0.2, 0.25) is 0 Å². The second-order valence-electron chi connectivity index (χ2n) is 5.07. The molecule has 2 aliphatic rings. The summed E-state index contributed by atoms with van der Waals surface area (Å²) in [6.07, 6.45) is 6.36. The van der Waals surface area contributed by atoms with E-state index >= 15 is 0 Å². The van der Waals surface area contributed by atoms with E-state index in [0.29, 0.717) is 12.3 Å². The molecule has 98 valence electrons. The third kappa shape index (κ3) is 3.09. The number of amides is 1. The number of anilines is 1. The molecule has 1 aliphatic heterocycles. The third-order valence-electron chi connectivity index (χ3n) is 3.48. The Labute approximate surface area is 111 Å². The van der Waals surface area contributed by atoms with E-state index in [1.165, 1.54) is 24.2 Å². The van der Waals surface area contributed by atoms with Gasteiger partial charge in [0, 0.05) is 24.3 Å². The van der Waals surface area contributed by atoms with E-state index in [-0.39, 0.29) is 12.0 Å². The Kier molecular flexibility index (Phi) is 3.61. The summed E-state index contributed by atoms with van der Waals surface area (Å²) >= 11 is 1.53. The zero-order chi connectivity index (χ0) is 12.4. The lowest BCUT2D eigenvalue weighted by atomic mass is 10.1. The molecule has 1 N–H and O–H groups in total. The average Bonchev–Trinajstić information content (AvgIpc) is 2.90. The van der Waals surface area contributed by atoms with Gasteiger partial charge in [0.15, 0.2) is 5.13 Å². The Hall–Kier alpha value is -0.940. The van der Waals surface area contributed by atoms with Crippen molar-refractivity contribution in [3.8, 4) is 0 Å². The molecule has 1 aromatic rings. The molecular weight excluding hydrogens is 248 g/mol. The molecule has 18 heavy (non-hydrogen) atoms. The van der Waals surface area contributed by atoms with Crippen molar-refractivity contribution in [1.82, 2.24) is 4.98 Å². The molecule has 3 rings (SSSR count). The van der Waals surface area contributed by atoms with Gasteiger partial charge in [-0.2, -0.15) is 0 Å². The van der Waals surface area contributed by atoms with Crippen molar-refractivity contribution in [3.05, 3.63) is 11.1 Å². The fourth-order valence-corrected chi connectivity index (χ4v) is 3.06.